The van der Waals surface area contributed by atoms with Crippen LogP contribution in [0.4, 0.5) is 0 Å². The second kappa shape index (κ2) is 9.37. The molecule has 0 N–H and O–H groups in total. The van der Waals surface area contributed by atoms with Crippen LogP contribution in [0.5, 0.6) is 0 Å². The number of esters is 2. The van der Waals surface area contributed by atoms with Gasteiger partial charge in [-0.25, -0.2) is 0 Å². The first kappa shape index (κ1) is 16.2. The van der Waals surface area contributed by atoms with Crippen molar-refractivity contribution >= 4 is 11.9 Å². The van der Waals surface area contributed by atoms with E-state index in [-0.39, 0.29) is 48.7 Å². The van der Waals surface area contributed by atoms with E-state index in [1.807, 2.05) is 0 Å². The van der Waals surface area contributed by atoms with Crippen molar-refractivity contribution in [3.63, 3.8) is 0 Å². The van der Waals surface area contributed by atoms with Crippen LogP contribution in [-0.2, 0) is 19.1 Å². The number of carbonyl (C=O) groups excluding carboxylic acids is 2. The molecule has 0 saturated heterocycles. The second-order valence-electron chi connectivity index (χ2n) is 2.27. The van der Waals surface area contributed by atoms with E-state index in [1.165, 1.54) is 0 Å². The second-order valence-corrected chi connectivity index (χ2v) is 2.27. The minimum Gasteiger partial charge on any atom is -0.488 e. The fourth-order valence-corrected chi connectivity index (χ4v) is 0.808. The molecule has 0 spiro atoms. The third-order valence-electron chi connectivity index (χ3n) is 1.40. The molecule has 0 fully saturated rings. The average molecular weight is 210 g/mol. The first-order chi connectivity index (χ1) is 6.17. The SMILES string of the molecule is CCOC(=O)[C-](CC)C(=O)OCC.[Na+]. The van der Waals surface area contributed by atoms with Gasteiger partial charge in [0.1, 0.15) is 0 Å². The van der Waals surface area contributed by atoms with E-state index in [2.05, 4.69) is 9.47 Å². The standard InChI is InChI=1S/C9H15O4.Na/c1-4-7(8(10)12-5-2)9(11)13-6-3;/h4-6H2,1-3H3;/q-1;+1. The quantitative estimate of drug-likeness (QED) is 0.230. The number of hydrogen-bond acceptors (Lipinski definition) is 4. The minimum absolute atomic E-state index is 0. The molecule has 0 unspecified atom stereocenters. The summed E-state index contributed by atoms with van der Waals surface area (Å²) in [5.41, 5.74) is 0. The van der Waals surface area contributed by atoms with Crippen LogP contribution in [0.25, 0.3) is 0 Å². The van der Waals surface area contributed by atoms with Gasteiger partial charge in [0.15, 0.2) is 11.9 Å². The molecule has 0 aliphatic carbocycles. The Morgan fingerprint density at radius 1 is 1.00 bits per heavy atom. The maximum absolute atomic E-state index is 11.1. The van der Waals surface area contributed by atoms with E-state index < -0.39 is 11.9 Å². The largest absolute Gasteiger partial charge is 1.00 e. The van der Waals surface area contributed by atoms with Crippen molar-refractivity contribution in [3.8, 4) is 0 Å². The van der Waals surface area contributed by atoms with Gasteiger partial charge in [-0.05, 0) is 13.8 Å². The molecule has 5 heteroatoms. The van der Waals surface area contributed by atoms with Gasteiger partial charge in [0, 0.05) is 0 Å². The average Bonchev–Trinajstić information content (AvgIpc) is 2.06. The summed E-state index contributed by atoms with van der Waals surface area (Å²) in [6.07, 6.45) is 0.331. The van der Waals surface area contributed by atoms with Crippen molar-refractivity contribution in [3.05, 3.63) is 5.92 Å². The van der Waals surface area contributed by atoms with Gasteiger partial charge in [-0.1, -0.05) is 6.92 Å². The molecule has 0 aromatic heterocycles. The van der Waals surface area contributed by atoms with E-state index >= 15 is 0 Å². The van der Waals surface area contributed by atoms with Gasteiger partial charge in [-0.2, -0.15) is 5.92 Å². The summed E-state index contributed by atoms with van der Waals surface area (Å²) in [5.74, 6) is -1.09. The van der Waals surface area contributed by atoms with Crippen molar-refractivity contribution in [1.82, 2.24) is 0 Å². The van der Waals surface area contributed by atoms with Crippen LogP contribution in [0.3, 0.4) is 0 Å². The summed E-state index contributed by atoms with van der Waals surface area (Å²) < 4.78 is 9.37. The number of carbonyl (C=O) groups is 2. The Morgan fingerprint density at radius 2 is 1.36 bits per heavy atom. The maximum Gasteiger partial charge on any atom is 1.00 e. The Morgan fingerprint density at radius 3 is 1.57 bits per heavy atom. The molecule has 0 aliphatic heterocycles. The summed E-state index contributed by atoms with van der Waals surface area (Å²) in [6.45, 7) is 5.62. The molecule has 76 valence electrons. The Kier molecular flexibility index (Phi) is 10.9. The van der Waals surface area contributed by atoms with Gasteiger partial charge in [0.25, 0.3) is 0 Å². The van der Waals surface area contributed by atoms with E-state index in [0.717, 1.165) is 0 Å². The van der Waals surface area contributed by atoms with Gasteiger partial charge < -0.3 is 9.47 Å². The Bertz CT molecular complexity index is 164. The summed E-state index contributed by atoms with van der Waals surface area (Å²) in [5, 5.41) is 0. The normalized spacial score (nSPS) is 8.50. The van der Waals surface area contributed by atoms with E-state index in [0.29, 0.717) is 6.42 Å². The molecule has 0 saturated carbocycles. The maximum atomic E-state index is 11.1. The van der Waals surface area contributed by atoms with Crippen LogP contribution < -0.4 is 29.6 Å². The van der Waals surface area contributed by atoms with Crippen molar-refractivity contribution in [2.24, 2.45) is 0 Å². The molecule has 0 bridgehead atoms. The fraction of sp³-hybridized carbons (Fsp3) is 0.667. The molecule has 0 atom stereocenters. The van der Waals surface area contributed by atoms with Gasteiger partial charge in [-0.15, -0.1) is 6.42 Å². The summed E-state index contributed by atoms with van der Waals surface area (Å²) in [6, 6.07) is 0. The van der Waals surface area contributed by atoms with Gasteiger partial charge >= 0.3 is 29.6 Å². The van der Waals surface area contributed by atoms with Crippen LogP contribution >= 0.6 is 0 Å². The van der Waals surface area contributed by atoms with Gasteiger partial charge in [0.05, 0.1) is 13.2 Å². The van der Waals surface area contributed by atoms with Gasteiger partial charge in [-0.3, -0.25) is 9.59 Å². The van der Waals surface area contributed by atoms with E-state index in [4.69, 9.17) is 0 Å². The van der Waals surface area contributed by atoms with Crippen LogP contribution in [0.1, 0.15) is 27.2 Å². The van der Waals surface area contributed by atoms with Crippen LogP contribution in [0.2, 0.25) is 0 Å². The molecule has 0 radical (unpaired) electrons. The Labute approximate surface area is 107 Å². The monoisotopic (exact) mass is 210 g/mol. The molecule has 4 nitrogen and oxygen atoms in total. The zero-order valence-electron chi connectivity index (χ0n) is 9.25. The van der Waals surface area contributed by atoms with Crippen LogP contribution in [0, 0.1) is 5.92 Å². The molecular formula is C9H15NaO4. The molecule has 0 aliphatic rings. The van der Waals surface area contributed by atoms with Crippen molar-refractivity contribution in [2.75, 3.05) is 13.2 Å². The predicted molar refractivity (Wildman–Crippen MR) is 46.8 cm³/mol. The Balaban J connectivity index is 0. The summed E-state index contributed by atoms with van der Waals surface area (Å²) in [4.78, 5) is 22.3. The van der Waals surface area contributed by atoms with E-state index in [9.17, 15) is 9.59 Å². The van der Waals surface area contributed by atoms with Crippen molar-refractivity contribution in [2.45, 2.75) is 27.2 Å². The Hall–Kier alpha value is -0.190. The summed E-state index contributed by atoms with van der Waals surface area (Å²) in [7, 11) is 0. The van der Waals surface area contributed by atoms with Crippen molar-refractivity contribution < 1.29 is 48.6 Å². The van der Waals surface area contributed by atoms with E-state index in [1.54, 1.807) is 20.8 Å². The number of rotatable bonds is 5. The number of hydrogen-bond donors (Lipinski definition) is 0. The molecule has 0 aromatic carbocycles. The number of ether oxygens (including phenoxy) is 2. The molecule has 14 heavy (non-hydrogen) atoms. The minimum atomic E-state index is -0.580. The molecular weight excluding hydrogens is 195 g/mol. The zero-order chi connectivity index (χ0) is 10.3. The first-order valence-corrected chi connectivity index (χ1v) is 4.37. The topological polar surface area (TPSA) is 52.6 Å². The third kappa shape index (κ3) is 5.52. The first-order valence-electron chi connectivity index (χ1n) is 4.37. The van der Waals surface area contributed by atoms with Crippen LogP contribution in [0.15, 0.2) is 0 Å². The third-order valence-corrected chi connectivity index (χ3v) is 1.40. The van der Waals surface area contributed by atoms with Crippen molar-refractivity contribution in [1.29, 1.82) is 0 Å². The molecule has 0 amide bonds. The molecule has 0 rings (SSSR count). The zero-order valence-corrected chi connectivity index (χ0v) is 11.3. The summed E-state index contributed by atoms with van der Waals surface area (Å²) >= 11 is 0. The van der Waals surface area contributed by atoms with Crippen LogP contribution in [-0.4, -0.2) is 25.2 Å². The fourth-order valence-electron chi connectivity index (χ4n) is 0.808. The predicted octanol–water partition coefficient (Wildman–Crippen LogP) is -1.90. The molecule has 0 heterocycles. The molecule has 0 aromatic rings. The smallest absolute Gasteiger partial charge is 0.488 e. The van der Waals surface area contributed by atoms with Gasteiger partial charge in [0.2, 0.25) is 0 Å².